The molecule has 3 aliphatic rings. The first-order valence-corrected chi connectivity index (χ1v) is 19.3. The van der Waals surface area contributed by atoms with Gasteiger partial charge in [0, 0.05) is 36.1 Å². The predicted octanol–water partition coefficient (Wildman–Crippen LogP) is 6.39. The van der Waals surface area contributed by atoms with E-state index in [1.54, 1.807) is 4.90 Å². The summed E-state index contributed by atoms with van der Waals surface area (Å²) >= 11 is 0. The van der Waals surface area contributed by atoms with E-state index in [0.29, 0.717) is 18.3 Å². The summed E-state index contributed by atoms with van der Waals surface area (Å²) in [5, 5.41) is 5.42. The Balaban J connectivity index is 1.02. The van der Waals surface area contributed by atoms with Crippen LogP contribution in [0.15, 0.2) is 73.1 Å². The van der Waals surface area contributed by atoms with Gasteiger partial charge in [-0.05, 0) is 48.1 Å². The van der Waals surface area contributed by atoms with E-state index in [1.807, 2.05) is 69.3 Å². The molecule has 1 aliphatic carbocycles. The fourth-order valence-electron chi connectivity index (χ4n) is 8.32. The molecule has 2 aromatic carbocycles. The van der Waals surface area contributed by atoms with E-state index in [2.05, 4.69) is 57.0 Å². The van der Waals surface area contributed by atoms with Gasteiger partial charge in [-0.3, -0.25) is 9.59 Å². The van der Waals surface area contributed by atoms with E-state index in [1.165, 1.54) is 14.2 Å². The number of ether oxygens (including phenoxy) is 2. The maximum Gasteiger partial charge on any atom is 0.407 e. The fourth-order valence-corrected chi connectivity index (χ4v) is 8.32. The molecule has 14 heteroatoms. The molecule has 2 bridgehead atoms. The molecule has 1 saturated carbocycles. The van der Waals surface area contributed by atoms with Crippen LogP contribution in [-0.2, 0) is 19.1 Å². The number of hydrogen-bond acceptors (Lipinski definition) is 8. The van der Waals surface area contributed by atoms with Crippen LogP contribution in [0, 0.1) is 17.8 Å². The van der Waals surface area contributed by atoms with Gasteiger partial charge in [0.1, 0.15) is 29.8 Å². The van der Waals surface area contributed by atoms with Gasteiger partial charge in [-0.1, -0.05) is 88.4 Å². The largest absolute Gasteiger partial charge is 0.453 e. The number of carbonyl (C=O) groups excluding carboxylic acids is 4. The second kappa shape index (κ2) is 16.0. The zero-order chi connectivity index (χ0) is 39.7. The average Bonchev–Trinajstić information content (AvgIpc) is 4.06. The van der Waals surface area contributed by atoms with Crippen molar-refractivity contribution in [1.82, 2.24) is 40.4 Å². The summed E-state index contributed by atoms with van der Waals surface area (Å²) in [5.41, 5.74) is 5.54. The summed E-state index contributed by atoms with van der Waals surface area (Å²) in [6.07, 6.45) is 9.27. The number of methoxy groups -OCH3 is 2. The number of nitrogens with zero attached hydrogens (tertiary/aromatic N) is 4. The van der Waals surface area contributed by atoms with E-state index >= 15 is 0 Å². The topological polar surface area (TPSA) is 175 Å². The van der Waals surface area contributed by atoms with Crippen LogP contribution in [0.2, 0.25) is 0 Å². The molecule has 1 saturated heterocycles. The number of carbonyl (C=O) groups is 4. The normalized spacial score (nSPS) is 21.1. The number of amides is 4. The van der Waals surface area contributed by atoms with Gasteiger partial charge < -0.3 is 39.9 Å². The van der Waals surface area contributed by atoms with Gasteiger partial charge in [0.25, 0.3) is 0 Å². The van der Waals surface area contributed by atoms with Crippen molar-refractivity contribution in [2.45, 2.75) is 77.2 Å². The van der Waals surface area contributed by atoms with Crippen LogP contribution in [-0.4, -0.2) is 92.6 Å². The highest BCUT2D eigenvalue weighted by molar-refractivity contribution is 5.88. The number of benzene rings is 2. The number of nitrogens with one attached hydrogen (secondary N) is 4. The van der Waals surface area contributed by atoms with Crippen molar-refractivity contribution in [3.05, 3.63) is 84.7 Å². The van der Waals surface area contributed by atoms with Gasteiger partial charge in [0.15, 0.2) is 0 Å². The van der Waals surface area contributed by atoms with Gasteiger partial charge >= 0.3 is 12.2 Å². The minimum Gasteiger partial charge on any atom is -0.453 e. The lowest BCUT2D eigenvalue weighted by Crippen LogP contribution is -2.54. The number of hydrogen-bond donors (Lipinski definition) is 4. The van der Waals surface area contributed by atoms with E-state index in [-0.39, 0.29) is 41.8 Å². The monoisotopic (exact) mass is 762 g/mol. The highest BCUT2D eigenvalue weighted by Crippen LogP contribution is 2.50. The van der Waals surface area contributed by atoms with Gasteiger partial charge in [-0.15, -0.1) is 0 Å². The second-order valence-electron chi connectivity index (χ2n) is 15.5. The van der Waals surface area contributed by atoms with Crippen LogP contribution in [0.25, 0.3) is 33.6 Å². The lowest BCUT2D eigenvalue weighted by atomic mass is 9.95. The van der Waals surface area contributed by atoms with Crippen molar-refractivity contribution >= 4 is 24.0 Å². The molecule has 4 aromatic rings. The summed E-state index contributed by atoms with van der Waals surface area (Å²) in [6.45, 7) is 8.02. The Morgan fingerprint density at radius 3 is 1.75 bits per heavy atom. The molecular weight excluding hydrogens is 713 g/mol. The predicted molar refractivity (Wildman–Crippen MR) is 210 cm³/mol. The summed E-state index contributed by atoms with van der Waals surface area (Å²) in [5.74, 6) is 1.18. The van der Waals surface area contributed by atoms with Crippen molar-refractivity contribution in [1.29, 1.82) is 0 Å². The van der Waals surface area contributed by atoms with Crippen LogP contribution in [0.4, 0.5) is 9.59 Å². The SMILES string of the molecule is COC(=O)NC(C(=O)N1C2CCC(C2)C1c1nc(-c2ccc(-c3ccc(-c4c[nH]c(C5C=CCN5C(=O)[C@@H](NC(=O)OC)C(C)C)n4)cc3)cc2)c[nH]1)C(C)C. The van der Waals surface area contributed by atoms with Gasteiger partial charge in [0.05, 0.1) is 31.6 Å². The maximum atomic E-state index is 13.9. The van der Waals surface area contributed by atoms with E-state index in [0.717, 1.165) is 58.7 Å². The second-order valence-corrected chi connectivity index (χ2v) is 15.5. The number of fused-ring (bicyclic) bond motifs is 2. The average molecular weight is 763 g/mol. The Morgan fingerprint density at radius 1 is 0.714 bits per heavy atom. The minimum absolute atomic E-state index is 0.0978. The van der Waals surface area contributed by atoms with Crippen LogP contribution in [0.5, 0.6) is 0 Å². The number of alkyl carbamates (subject to hydrolysis) is 2. The van der Waals surface area contributed by atoms with Gasteiger partial charge in [-0.2, -0.15) is 0 Å². The Hall–Kier alpha value is -5.92. The highest BCUT2D eigenvalue weighted by Gasteiger charge is 2.51. The van der Waals surface area contributed by atoms with Gasteiger partial charge in [0.2, 0.25) is 11.8 Å². The molecule has 7 rings (SSSR count). The van der Waals surface area contributed by atoms with Crippen molar-refractivity contribution < 1.29 is 28.7 Å². The fraction of sp³-hybridized carbons (Fsp3) is 0.429. The lowest BCUT2D eigenvalue weighted by molar-refractivity contribution is -0.139. The smallest absolute Gasteiger partial charge is 0.407 e. The number of likely N-dealkylation sites (tertiary alicyclic amines) is 1. The third kappa shape index (κ3) is 7.52. The molecule has 2 fully saturated rings. The van der Waals surface area contributed by atoms with Crippen LogP contribution in [0.1, 0.15) is 70.7 Å². The van der Waals surface area contributed by atoms with Crippen LogP contribution < -0.4 is 10.6 Å². The van der Waals surface area contributed by atoms with Crippen molar-refractivity contribution in [3.8, 4) is 33.6 Å². The van der Waals surface area contributed by atoms with Crippen LogP contribution in [0.3, 0.4) is 0 Å². The molecule has 294 valence electrons. The standard InChI is InChI=1S/C42H50N8O6/c1-23(2)34(47-41(53)55-5)39(51)49-19-7-8-33(49)37-43-21-31(45-37)27-13-9-25(10-14-27)26-11-15-28(16-12-26)32-22-44-38(46-32)36-29-17-18-30(20-29)50(36)40(52)35(24(3)4)48-42(54)56-6/h7-16,21-24,29-30,33-36H,17-20H2,1-6H3,(H,43,45)(H,44,46)(H,47,53)(H,48,54)/t29?,30?,33?,34-,35?,36?/m0/s1. The molecule has 6 atom stereocenters. The molecular formula is C42H50N8O6. The number of aromatic nitrogens is 4. The number of aromatic amines is 2. The zero-order valence-electron chi connectivity index (χ0n) is 32.6. The Bertz CT molecular complexity index is 2090. The van der Waals surface area contributed by atoms with Crippen molar-refractivity contribution in [2.24, 2.45) is 17.8 Å². The van der Waals surface area contributed by atoms with E-state index in [4.69, 9.17) is 19.4 Å². The molecule has 0 spiro atoms. The lowest BCUT2D eigenvalue weighted by Gasteiger charge is -2.37. The zero-order valence-corrected chi connectivity index (χ0v) is 32.6. The molecule has 4 amide bonds. The first-order chi connectivity index (χ1) is 27.0. The molecule has 2 aliphatic heterocycles. The number of imidazole rings is 2. The van der Waals surface area contributed by atoms with Crippen molar-refractivity contribution in [3.63, 3.8) is 0 Å². The molecule has 56 heavy (non-hydrogen) atoms. The summed E-state index contributed by atoms with van der Waals surface area (Å²) < 4.78 is 9.55. The number of piperidine rings is 1. The number of rotatable bonds is 11. The molecule has 4 N–H and O–H groups in total. The molecule has 5 unspecified atom stereocenters. The van der Waals surface area contributed by atoms with Crippen LogP contribution >= 0.6 is 0 Å². The Labute approximate surface area is 326 Å². The molecule has 0 radical (unpaired) electrons. The Morgan fingerprint density at radius 2 is 1.21 bits per heavy atom. The first-order valence-electron chi connectivity index (χ1n) is 19.3. The van der Waals surface area contributed by atoms with E-state index in [9.17, 15) is 19.2 Å². The third-order valence-corrected chi connectivity index (χ3v) is 11.3. The molecule has 4 heterocycles. The van der Waals surface area contributed by atoms with Gasteiger partial charge in [-0.25, -0.2) is 19.6 Å². The molecule has 2 aromatic heterocycles. The quantitative estimate of drug-likeness (QED) is 0.127. The minimum atomic E-state index is -0.727. The van der Waals surface area contributed by atoms with Crippen molar-refractivity contribution in [2.75, 3.05) is 20.8 Å². The number of H-pyrrole nitrogens is 2. The highest BCUT2D eigenvalue weighted by atomic mass is 16.5. The summed E-state index contributed by atoms with van der Waals surface area (Å²) in [6, 6.07) is 14.6. The first kappa shape index (κ1) is 38.4. The third-order valence-electron chi connectivity index (χ3n) is 11.3. The Kier molecular flexibility index (Phi) is 11.0. The van der Waals surface area contributed by atoms with E-state index < -0.39 is 24.3 Å². The summed E-state index contributed by atoms with van der Waals surface area (Å²) in [7, 11) is 2.58. The molecule has 14 nitrogen and oxygen atoms in total. The maximum absolute atomic E-state index is 13.9. The summed E-state index contributed by atoms with van der Waals surface area (Å²) in [4.78, 5) is 71.6.